The molecule has 228 valence electrons. The molecule has 2 aromatic carbocycles. The van der Waals surface area contributed by atoms with Gasteiger partial charge in [-0.1, -0.05) is 51.1 Å². The molecule has 1 aliphatic rings. The summed E-state index contributed by atoms with van der Waals surface area (Å²) in [5.41, 5.74) is 6.21. The van der Waals surface area contributed by atoms with Gasteiger partial charge < -0.3 is 20.3 Å². The number of alkyl halides is 1. The predicted molar refractivity (Wildman–Crippen MR) is 155 cm³/mol. The average molecular weight is 587 g/mol. The van der Waals surface area contributed by atoms with Crippen LogP contribution in [0.15, 0.2) is 48.5 Å². The minimum absolute atomic E-state index is 0.00802. The predicted octanol–water partition coefficient (Wildman–Crippen LogP) is 5.58. The van der Waals surface area contributed by atoms with E-state index < -0.39 is 35.8 Å². The van der Waals surface area contributed by atoms with Crippen LogP contribution in [0.25, 0.3) is 11.4 Å². The molecule has 2 amide bonds. The molecule has 1 aromatic heterocycles. The third-order valence-corrected chi connectivity index (χ3v) is 7.30. The summed E-state index contributed by atoms with van der Waals surface area (Å²) in [5, 5.41) is 4.64. The van der Waals surface area contributed by atoms with E-state index in [1.807, 2.05) is 65.0 Å². The molecule has 0 aliphatic carbocycles. The lowest BCUT2D eigenvalue weighted by atomic mass is 9.84. The first kappa shape index (κ1) is 31.5. The number of carbonyl (C=O) groups excluding carboxylic acids is 1. The van der Waals surface area contributed by atoms with Crippen LogP contribution < -0.4 is 5.73 Å². The number of aromatic nitrogens is 3. The van der Waals surface area contributed by atoms with E-state index in [1.165, 1.54) is 0 Å². The van der Waals surface area contributed by atoms with Gasteiger partial charge in [0.05, 0.1) is 30.4 Å². The highest BCUT2D eigenvalue weighted by Crippen LogP contribution is 2.39. The van der Waals surface area contributed by atoms with Crippen LogP contribution in [0.5, 0.6) is 0 Å². The second-order valence-corrected chi connectivity index (χ2v) is 12.2. The molecule has 3 aromatic rings. The molecule has 1 unspecified atom stereocenters. The summed E-state index contributed by atoms with van der Waals surface area (Å²) in [6, 6.07) is 11.0. The van der Waals surface area contributed by atoms with E-state index in [0.29, 0.717) is 18.9 Å². The van der Waals surface area contributed by atoms with Crippen LogP contribution in [-0.4, -0.2) is 75.2 Å². The number of hydrogen-bond acceptors (Lipinski definition) is 5. The number of morpholine rings is 1. The van der Waals surface area contributed by atoms with Gasteiger partial charge in [-0.05, 0) is 49.4 Å². The van der Waals surface area contributed by atoms with Crippen molar-refractivity contribution in [2.75, 3.05) is 26.3 Å². The van der Waals surface area contributed by atoms with Crippen LogP contribution >= 0.6 is 0 Å². The Kier molecular flexibility index (Phi) is 9.93. The maximum absolute atomic E-state index is 14.9. The fraction of sp³-hybridized carbons (Fsp3) is 0.516. The number of urea groups is 1. The lowest BCUT2D eigenvalue weighted by Crippen LogP contribution is -2.55. The van der Waals surface area contributed by atoms with Gasteiger partial charge in [-0.15, -0.1) is 0 Å². The van der Waals surface area contributed by atoms with Crippen LogP contribution in [0.2, 0.25) is 0 Å². The monoisotopic (exact) mass is 586 g/mol. The molecule has 0 saturated carbocycles. The van der Waals surface area contributed by atoms with Crippen molar-refractivity contribution in [3.05, 3.63) is 71.6 Å². The Morgan fingerprint density at radius 1 is 1.12 bits per heavy atom. The second kappa shape index (κ2) is 13.2. The Balaban J connectivity index is 1.86. The molecular weight excluding hydrogens is 545 g/mol. The summed E-state index contributed by atoms with van der Waals surface area (Å²) in [5.74, 6) is -0.868. The van der Waals surface area contributed by atoms with Crippen LogP contribution in [-0.2, 0) is 11.3 Å². The van der Waals surface area contributed by atoms with E-state index in [-0.39, 0.29) is 49.1 Å². The van der Waals surface area contributed by atoms with Gasteiger partial charge in [-0.2, -0.15) is 5.10 Å². The summed E-state index contributed by atoms with van der Waals surface area (Å²) >= 11 is 0. The number of carbonyl (C=O) groups is 1. The zero-order valence-electron chi connectivity index (χ0n) is 24.9. The van der Waals surface area contributed by atoms with E-state index in [9.17, 15) is 18.0 Å². The number of ether oxygens (including phenoxy) is 1. The molecule has 2 N–H and O–H groups in total. The highest BCUT2D eigenvalue weighted by Gasteiger charge is 2.41. The lowest BCUT2D eigenvalue weighted by molar-refractivity contribution is -0.0613. The third kappa shape index (κ3) is 7.49. The number of halogens is 3. The summed E-state index contributed by atoms with van der Waals surface area (Å²) in [4.78, 5) is 22.5. The van der Waals surface area contributed by atoms with Crippen molar-refractivity contribution in [3.8, 4) is 11.4 Å². The summed E-state index contributed by atoms with van der Waals surface area (Å²) in [6.45, 7) is 10.3. The maximum atomic E-state index is 14.9. The molecule has 1 aliphatic heterocycles. The van der Waals surface area contributed by atoms with Crippen LogP contribution in [0.4, 0.5) is 18.0 Å². The fourth-order valence-corrected chi connectivity index (χ4v) is 5.44. The van der Waals surface area contributed by atoms with Crippen molar-refractivity contribution in [2.24, 2.45) is 11.1 Å². The molecule has 4 atom stereocenters. The van der Waals surface area contributed by atoms with Crippen LogP contribution in [0.1, 0.15) is 58.5 Å². The average Bonchev–Trinajstić information content (AvgIpc) is 3.33. The van der Waals surface area contributed by atoms with E-state index in [2.05, 4.69) is 5.10 Å². The van der Waals surface area contributed by atoms with Gasteiger partial charge in [0.2, 0.25) is 0 Å². The topological polar surface area (TPSA) is 89.5 Å². The molecule has 8 nitrogen and oxygen atoms in total. The first-order chi connectivity index (χ1) is 19.9. The quantitative estimate of drug-likeness (QED) is 0.354. The Hall–Kier alpha value is -3.44. The van der Waals surface area contributed by atoms with Crippen LogP contribution in [0, 0.1) is 17.0 Å². The Labute approximate surface area is 245 Å². The Morgan fingerprint density at radius 3 is 2.40 bits per heavy atom. The minimum atomic E-state index is -0.748. The van der Waals surface area contributed by atoms with E-state index in [1.54, 1.807) is 14.5 Å². The molecule has 0 bridgehead atoms. The van der Waals surface area contributed by atoms with E-state index in [0.717, 1.165) is 23.8 Å². The highest BCUT2D eigenvalue weighted by atomic mass is 19.1. The van der Waals surface area contributed by atoms with E-state index >= 15 is 0 Å². The Morgan fingerprint density at radius 2 is 1.79 bits per heavy atom. The molecule has 42 heavy (non-hydrogen) atoms. The lowest BCUT2D eigenvalue weighted by Gasteiger charge is -2.44. The highest BCUT2D eigenvalue weighted by molar-refractivity contribution is 5.75. The second-order valence-electron chi connectivity index (χ2n) is 12.2. The number of nitrogens with two attached hydrogens (primary N) is 1. The van der Waals surface area contributed by atoms with Crippen molar-refractivity contribution in [1.82, 2.24) is 24.6 Å². The third-order valence-electron chi connectivity index (χ3n) is 7.30. The molecule has 1 fully saturated rings. The smallest absolute Gasteiger partial charge is 0.320 e. The molecule has 0 radical (unpaired) electrons. The first-order valence-corrected chi connectivity index (χ1v) is 14.3. The minimum Gasteiger partial charge on any atom is -0.372 e. The normalized spacial score (nSPS) is 19.0. The molecule has 1 saturated heterocycles. The van der Waals surface area contributed by atoms with Gasteiger partial charge in [0.15, 0.2) is 11.6 Å². The van der Waals surface area contributed by atoms with Gasteiger partial charge in [-0.3, -0.25) is 0 Å². The largest absolute Gasteiger partial charge is 0.372 e. The van der Waals surface area contributed by atoms with Crippen molar-refractivity contribution >= 4 is 6.03 Å². The zero-order chi connectivity index (χ0) is 30.6. The zero-order valence-corrected chi connectivity index (χ0v) is 24.9. The molecule has 4 rings (SSSR count). The van der Waals surface area contributed by atoms with E-state index in [4.69, 9.17) is 15.5 Å². The summed E-state index contributed by atoms with van der Waals surface area (Å²) in [7, 11) is 0. The molecule has 2 heterocycles. The number of nitrogens with zero attached hydrogens (tertiary/aromatic N) is 5. The number of amides is 2. The number of hydrogen-bond donors (Lipinski definition) is 1. The molecule has 0 spiro atoms. The van der Waals surface area contributed by atoms with Gasteiger partial charge in [-0.25, -0.2) is 27.6 Å². The molecular formula is C31H41F3N6O2. The van der Waals surface area contributed by atoms with Crippen molar-refractivity contribution < 1.29 is 22.7 Å². The van der Waals surface area contributed by atoms with Gasteiger partial charge in [0, 0.05) is 25.7 Å². The maximum Gasteiger partial charge on any atom is 0.320 e. The summed E-state index contributed by atoms with van der Waals surface area (Å²) < 4.78 is 50.1. The van der Waals surface area contributed by atoms with Gasteiger partial charge in [0.25, 0.3) is 0 Å². The fourth-order valence-electron chi connectivity index (χ4n) is 5.44. The number of rotatable bonds is 9. The van der Waals surface area contributed by atoms with Crippen LogP contribution in [0.3, 0.4) is 0 Å². The first-order valence-electron chi connectivity index (χ1n) is 14.3. The number of benzene rings is 2. The van der Waals surface area contributed by atoms with Gasteiger partial charge in [0.1, 0.15) is 18.3 Å². The van der Waals surface area contributed by atoms with Crippen molar-refractivity contribution in [2.45, 2.75) is 71.9 Å². The Bertz CT molecular complexity index is 1340. The SMILES string of the molecule is C[C@@H]1CN(C(=O)N(CC[C@@H](N)CF)C(c2nc(-c3cc(F)ccc3F)nn2Cc2ccccc2)C(C)(C)C)C[C@H](C)O1. The van der Waals surface area contributed by atoms with Crippen molar-refractivity contribution in [3.63, 3.8) is 0 Å². The van der Waals surface area contributed by atoms with Gasteiger partial charge >= 0.3 is 6.03 Å². The summed E-state index contributed by atoms with van der Waals surface area (Å²) in [6.07, 6.45) is -0.0994. The molecule has 11 heteroatoms. The van der Waals surface area contributed by atoms with Crippen molar-refractivity contribution in [1.29, 1.82) is 0 Å². The standard InChI is InChI=1S/C31H41F3N6O2/c1-20-17-38(18-21(2)42-20)30(41)39(14-13-24(35)16-32)27(31(3,4)5)29-36-28(25-15-23(33)11-12-26(25)34)37-40(29)19-22-9-7-6-8-10-22/h6-12,15,20-21,24,27H,13-14,16-19,35H2,1-5H3/t20-,21+,24-,27?/m1/s1.